The van der Waals surface area contributed by atoms with E-state index in [1.165, 1.54) is 0 Å². The Morgan fingerprint density at radius 3 is 2.69 bits per heavy atom. The van der Waals surface area contributed by atoms with Crippen LogP contribution in [0.2, 0.25) is 0 Å². The first kappa shape index (κ1) is 22.2. The second kappa shape index (κ2) is 8.88. The minimum atomic E-state index is -1.24. The lowest BCUT2D eigenvalue weighted by atomic mass is 10.1. The first-order chi connectivity index (χ1) is 15.3. The minimum Gasteiger partial charge on any atom is -0.479 e. The molecule has 2 heterocycles. The maximum absolute atomic E-state index is 11.3. The molecule has 0 fully saturated rings. The molecule has 0 bridgehead atoms. The number of aliphatic carboxylic acids is 1. The second-order valence-electron chi connectivity index (χ2n) is 8.03. The summed E-state index contributed by atoms with van der Waals surface area (Å²) in [5.41, 5.74) is 3.53. The molecular weight excluding hydrogens is 472 g/mol. The van der Waals surface area contributed by atoms with Crippen molar-refractivity contribution in [1.82, 2.24) is 19.6 Å². The van der Waals surface area contributed by atoms with E-state index in [1.54, 1.807) is 13.8 Å². The number of aromatic nitrogens is 4. The predicted molar refractivity (Wildman–Crippen MR) is 127 cm³/mol. The molecule has 0 atom stereocenters. The maximum Gasteiger partial charge on any atom is 0.335 e. The van der Waals surface area contributed by atoms with Gasteiger partial charge in [-0.1, -0.05) is 24.3 Å². The molecule has 1 N–H and O–H groups in total. The zero-order valence-corrected chi connectivity index (χ0v) is 19.8. The molecule has 0 radical (unpaired) electrons. The number of carboxylic acid groups (broad SMARTS) is 1. The summed E-state index contributed by atoms with van der Waals surface area (Å²) in [5, 5.41) is 19.6. The highest BCUT2D eigenvalue weighted by Crippen LogP contribution is 2.30. The molecule has 7 nitrogen and oxygen atoms in total. The summed E-state index contributed by atoms with van der Waals surface area (Å²) >= 11 is 3.64. The van der Waals surface area contributed by atoms with Crippen molar-refractivity contribution in [1.29, 1.82) is 0 Å². The van der Waals surface area contributed by atoms with Gasteiger partial charge in [-0.15, -0.1) is 0 Å². The lowest BCUT2D eigenvalue weighted by Crippen LogP contribution is -2.35. The Labute approximate surface area is 194 Å². The molecule has 0 unspecified atom stereocenters. The Morgan fingerprint density at radius 1 is 1.19 bits per heavy atom. The number of aryl methyl sites for hydroxylation is 1. The van der Waals surface area contributed by atoms with Crippen molar-refractivity contribution in [2.24, 2.45) is 0 Å². The van der Waals surface area contributed by atoms with E-state index >= 15 is 0 Å². The van der Waals surface area contributed by atoms with Crippen LogP contribution in [-0.4, -0.2) is 42.8 Å². The fraction of sp³-hybridized carbons (Fsp3) is 0.292. The van der Waals surface area contributed by atoms with E-state index < -0.39 is 11.6 Å². The summed E-state index contributed by atoms with van der Waals surface area (Å²) in [6.45, 7) is 6.21. The van der Waals surface area contributed by atoms with Crippen molar-refractivity contribution in [2.45, 2.75) is 39.3 Å². The number of hydrogen-bond acceptors (Lipinski definition) is 4. The Morgan fingerprint density at radius 2 is 1.97 bits per heavy atom. The van der Waals surface area contributed by atoms with Gasteiger partial charge in [0.25, 0.3) is 0 Å². The zero-order valence-electron chi connectivity index (χ0n) is 18.2. The molecule has 2 aromatic carbocycles. The molecule has 4 rings (SSSR count). The summed E-state index contributed by atoms with van der Waals surface area (Å²) in [5.74, 6) is -0.988. The van der Waals surface area contributed by atoms with Crippen molar-refractivity contribution in [3.63, 3.8) is 0 Å². The SMILES string of the molecule is CCn1ncc2ccc(-c3cc(CCOC(C)(C)C(=O)O)nn3-c3ccccc3Br)cc21. The van der Waals surface area contributed by atoms with Crippen LogP contribution in [0.1, 0.15) is 26.5 Å². The van der Waals surface area contributed by atoms with Gasteiger partial charge in [0.2, 0.25) is 0 Å². The molecule has 8 heteroatoms. The molecule has 2 aromatic heterocycles. The van der Waals surface area contributed by atoms with Crippen LogP contribution in [0.25, 0.3) is 27.8 Å². The first-order valence-electron chi connectivity index (χ1n) is 10.5. The van der Waals surface area contributed by atoms with Gasteiger partial charge in [0.05, 0.1) is 35.4 Å². The van der Waals surface area contributed by atoms with Crippen LogP contribution in [0.3, 0.4) is 0 Å². The van der Waals surface area contributed by atoms with Crippen molar-refractivity contribution in [3.05, 3.63) is 64.9 Å². The largest absolute Gasteiger partial charge is 0.479 e. The van der Waals surface area contributed by atoms with E-state index in [9.17, 15) is 9.90 Å². The first-order valence-corrected chi connectivity index (χ1v) is 11.3. The highest BCUT2D eigenvalue weighted by atomic mass is 79.9. The Kier molecular flexibility index (Phi) is 6.17. The van der Waals surface area contributed by atoms with Crippen molar-refractivity contribution >= 4 is 32.8 Å². The molecule has 0 aliphatic carbocycles. The van der Waals surface area contributed by atoms with E-state index in [2.05, 4.69) is 46.2 Å². The quantitative estimate of drug-likeness (QED) is 0.367. The Balaban J connectivity index is 1.74. The van der Waals surface area contributed by atoms with Crippen LogP contribution >= 0.6 is 15.9 Å². The van der Waals surface area contributed by atoms with Gasteiger partial charge in [-0.2, -0.15) is 10.2 Å². The third-order valence-corrected chi connectivity index (χ3v) is 6.09. The number of hydrogen-bond donors (Lipinski definition) is 1. The molecule has 0 amide bonds. The van der Waals surface area contributed by atoms with E-state index in [4.69, 9.17) is 9.84 Å². The number of benzene rings is 2. The molecule has 4 aromatic rings. The fourth-order valence-corrected chi connectivity index (χ4v) is 3.97. The number of carboxylic acids is 1. The standard InChI is InChI=1S/C24H25BrN4O3/c1-4-28-21-13-16(9-10-17(21)15-26-28)22-14-18(11-12-32-24(2,3)23(30)31)27-29(22)20-8-6-5-7-19(20)25/h5-10,13-15H,4,11-12H2,1-3H3,(H,30,31). The van der Waals surface area contributed by atoms with Crippen LogP contribution in [0, 0.1) is 0 Å². The van der Waals surface area contributed by atoms with Crippen LogP contribution in [-0.2, 0) is 22.5 Å². The van der Waals surface area contributed by atoms with Crippen molar-refractivity contribution in [3.8, 4) is 16.9 Å². The highest BCUT2D eigenvalue weighted by molar-refractivity contribution is 9.10. The van der Waals surface area contributed by atoms with Crippen LogP contribution in [0.5, 0.6) is 0 Å². The average Bonchev–Trinajstić information content (AvgIpc) is 3.37. The number of nitrogens with zero attached hydrogens (tertiary/aromatic N) is 4. The maximum atomic E-state index is 11.3. The van der Waals surface area contributed by atoms with E-state index in [-0.39, 0.29) is 6.61 Å². The van der Waals surface area contributed by atoms with Gasteiger partial charge in [-0.05, 0) is 61.0 Å². The van der Waals surface area contributed by atoms with Gasteiger partial charge >= 0.3 is 5.97 Å². The van der Waals surface area contributed by atoms with Gasteiger partial charge in [-0.3, -0.25) is 4.68 Å². The summed E-state index contributed by atoms with van der Waals surface area (Å²) in [6, 6.07) is 16.2. The molecular formula is C24H25BrN4O3. The third-order valence-electron chi connectivity index (χ3n) is 5.42. The molecule has 0 aliphatic rings. The smallest absolute Gasteiger partial charge is 0.335 e. The van der Waals surface area contributed by atoms with Gasteiger partial charge in [-0.25, -0.2) is 9.48 Å². The number of para-hydroxylation sites is 1. The minimum absolute atomic E-state index is 0.257. The van der Waals surface area contributed by atoms with Crippen LogP contribution in [0.4, 0.5) is 0 Å². The zero-order chi connectivity index (χ0) is 22.9. The molecule has 32 heavy (non-hydrogen) atoms. The summed E-state index contributed by atoms with van der Waals surface area (Å²) in [4.78, 5) is 11.3. The molecule has 0 saturated heterocycles. The number of rotatable bonds is 8. The Bertz CT molecular complexity index is 1280. The monoisotopic (exact) mass is 496 g/mol. The van der Waals surface area contributed by atoms with Crippen LogP contribution < -0.4 is 0 Å². The summed E-state index contributed by atoms with van der Waals surface area (Å²) in [7, 11) is 0. The van der Waals surface area contributed by atoms with Gasteiger partial charge in [0.1, 0.15) is 0 Å². The van der Waals surface area contributed by atoms with E-state index in [0.29, 0.717) is 6.42 Å². The normalized spacial score (nSPS) is 11.9. The van der Waals surface area contributed by atoms with Gasteiger partial charge < -0.3 is 9.84 Å². The average molecular weight is 497 g/mol. The van der Waals surface area contributed by atoms with E-state index in [1.807, 2.05) is 45.9 Å². The van der Waals surface area contributed by atoms with Crippen LogP contribution in [0.15, 0.2) is 59.2 Å². The predicted octanol–water partition coefficient (Wildman–Crippen LogP) is 5.09. The summed E-state index contributed by atoms with van der Waals surface area (Å²) < 4.78 is 10.4. The number of fused-ring (bicyclic) bond motifs is 1. The molecule has 0 saturated carbocycles. The van der Waals surface area contributed by atoms with Gasteiger partial charge in [0, 0.05) is 28.4 Å². The summed E-state index contributed by atoms with van der Waals surface area (Å²) in [6.07, 6.45) is 2.37. The topological polar surface area (TPSA) is 82.2 Å². The number of carbonyl (C=O) groups is 1. The van der Waals surface area contributed by atoms with Crippen molar-refractivity contribution in [2.75, 3.05) is 6.61 Å². The van der Waals surface area contributed by atoms with Gasteiger partial charge in [0.15, 0.2) is 5.60 Å². The number of ether oxygens (including phenoxy) is 1. The van der Waals surface area contributed by atoms with Crippen molar-refractivity contribution < 1.29 is 14.6 Å². The molecule has 166 valence electrons. The molecule has 0 aliphatic heterocycles. The number of halogens is 1. The third kappa shape index (κ3) is 4.33. The fourth-order valence-electron chi connectivity index (χ4n) is 3.52. The Hall–Kier alpha value is -2.97. The lowest BCUT2D eigenvalue weighted by Gasteiger charge is -2.19. The highest BCUT2D eigenvalue weighted by Gasteiger charge is 2.27. The molecule has 0 spiro atoms. The second-order valence-corrected chi connectivity index (χ2v) is 8.89. The lowest BCUT2D eigenvalue weighted by molar-refractivity contribution is -0.161. The van der Waals surface area contributed by atoms with E-state index in [0.717, 1.165) is 44.6 Å².